The molecular weight excluding hydrogens is 314 g/mol. The van der Waals surface area contributed by atoms with Gasteiger partial charge in [0.2, 0.25) is 0 Å². The van der Waals surface area contributed by atoms with Gasteiger partial charge in [-0.2, -0.15) is 0 Å². The van der Waals surface area contributed by atoms with Gasteiger partial charge in [-0.1, -0.05) is 60.7 Å². The van der Waals surface area contributed by atoms with Crippen molar-refractivity contribution in [3.05, 3.63) is 77.9 Å². The minimum atomic E-state index is -1.01. The normalized spacial score (nSPS) is 11.9. The van der Waals surface area contributed by atoms with E-state index in [0.29, 0.717) is 13.0 Å². The molecule has 0 bridgehead atoms. The Hall–Kier alpha value is -3.01. The maximum Gasteiger partial charge on any atom is 0.404 e. The van der Waals surface area contributed by atoms with E-state index in [1.54, 1.807) is 7.11 Å². The Bertz CT molecular complexity index is 876. The van der Waals surface area contributed by atoms with Crippen molar-refractivity contribution < 1.29 is 14.6 Å². The Kier molecular flexibility index (Phi) is 5.19. The second-order valence-electron chi connectivity index (χ2n) is 6.01. The molecule has 0 fully saturated rings. The van der Waals surface area contributed by atoms with Crippen LogP contribution in [0.2, 0.25) is 0 Å². The fourth-order valence-electron chi connectivity index (χ4n) is 3.12. The summed E-state index contributed by atoms with van der Waals surface area (Å²) in [6, 6.07) is 22.3. The van der Waals surface area contributed by atoms with Crippen LogP contribution in [-0.2, 0) is 6.42 Å². The molecule has 25 heavy (non-hydrogen) atoms. The highest BCUT2D eigenvalue weighted by atomic mass is 16.5. The molecule has 4 heteroatoms. The number of nitrogens with one attached hydrogen (secondary N) is 1. The van der Waals surface area contributed by atoms with Gasteiger partial charge in [-0.15, -0.1) is 0 Å². The van der Waals surface area contributed by atoms with Gasteiger partial charge in [0.1, 0.15) is 5.75 Å². The summed E-state index contributed by atoms with van der Waals surface area (Å²) < 4.78 is 5.44. The van der Waals surface area contributed by atoms with Gasteiger partial charge in [-0.3, -0.25) is 0 Å². The number of benzene rings is 3. The largest absolute Gasteiger partial charge is 0.496 e. The summed E-state index contributed by atoms with van der Waals surface area (Å²) in [7, 11) is 1.65. The molecule has 0 spiro atoms. The molecule has 0 saturated carbocycles. The summed E-state index contributed by atoms with van der Waals surface area (Å²) in [5.41, 5.74) is 2.17. The van der Waals surface area contributed by atoms with Crippen LogP contribution in [0.1, 0.15) is 17.0 Å². The Morgan fingerprint density at radius 1 is 1.04 bits per heavy atom. The maximum absolute atomic E-state index is 11.0. The molecule has 0 aromatic heterocycles. The third-order valence-electron chi connectivity index (χ3n) is 4.40. The number of para-hydroxylation sites is 1. The van der Waals surface area contributed by atoms with Crippen molar-refractivity contribution in [3.8, 4) is 5.75 Å². The third kappa shape index (κ3) is 4.10. The number of fused-ring (bicyclic) bond motifs is 1. The van der Waals surface area contributed by atoms with Gasteiger partial charge in [0.05, 0.1) is 7.11 Å². The summed E-state index contributed by atoms with van der Waals surface area (Å²) >= 11 is 0. The first kappa shape index (κ1) is 16.8. The topological polar surface area (TPSA) is 58.6 Å². The van der Waals surface area contributed by atoms with Crippen LogP contribution in [0.25, 0.3) is 10.8 Å². The fourth-order valence-corrected chi connectivity index (χ4v) is 3.12. The highest BCUT2D eigenvalue weighted by molar-refractivity contribution is 5.83. The standard InChI is InChI=1S/C21H21NO3/c1-25-20-9-5-4-8-18(20)13-19(14-22-21(23)24)17-11-10-15-6-2-3-7-16(15)12-17/h2-12,19,22H,13-14H2,1H3,(H,23,24). The SMILES string of the molecule is COc1ccccc1CC(CNC(=O)O)c1ccc2ccccc2c1. The molecule has 128 valence electrons. The van der Waals surface area contributed by atoms with Crippen molar-refractivity contribution in [2.45, 2.75) is 12.3 Å². The predicted molar refractivity (Wildman–Crippen MR) is 99.4 cm³/mol. The molecule has 0 radical (unpaired) electrons. The zero-order valence-corrected chi connectivity index (χ0v) is 14.1. The van der Waals surface area contributed by atoms with Crippen LogP contribution < -0.4 is 10.1 Å². The van der Waals surface area contributed by atoms with Crippen LogP contribution in [0.5, 0.6) is 5.75 Å². The Morgan fingerprint density at radius 2 is 1.76 bits per heavy atom. The second kappa shape index (κ2) is 7.71. The van der Waals surface area contributed by atoms with Gasteiger partial charge >= 0.3 is 6.09 Å². The first-order valence-corrected chi connectivity index (χ1v) is 8.25. The van der Waals surface area contributed by atoms with Gasteiger partial charge in [0, 0.05) is 12.5 Å². The number of methoxy groups -OCH3 is 1. The molecule has 3 aromatic carbocycles. The molecule has 0 aliphatic heterocycles. The van der Waals surface area contributed by atoms with Crippen molar-refractivity contribution in [1.82, 2.24) is 5.32 Å². The fraction of sp³-hybridized carbons (Fsp3) is 0.190. The average Bonchev–Trinajstić information content (AvgIpc) is 2.65. The van der Waals surface area contributed by atoms with Crippen LogP contribution in [0.15, 0.2) is 66.7 Å². The van der Waals surface area contributed by atoms with Crippen molar-refractivity contribution in [1.29, 1.82) is 0 Å². The molecule has 1 atom stereocenters. The summed E-state index contributed by atoms with van der Waals surface area (Å²) in [5, 5.41) is 13.9. The van der Waals surface area contributed by atoms with Gasteiger partial charge in [-0.05, 0) is 34.4 Å². The van der Waals surface area contributed by atoms with Crippen molar-refractivity contribution in [3.63, 3.8) is 0 Å². The number of hydrogen-bond donors (Lipinski definition) is 2. The van der Waals surface area contributed by atoms with E-state index >= 15 is 0 Å². The first-order valence-electron chi connectivity index (χ1n) is 8.25. The number of carboxylic acid groups (broad SMARTS) is 1. The van der Waals surface area contributed by atoms with E-state index < -0.39 is 6.09 Å². The predicted octanol–water partition coefficient (Wildman–Crippen LogP) is 4.44. The monoisotopic (exact) mass is 335 g/mol. The van der Waals surface area contributed by atoms with E-state index in [4.69, 9.17) is 9.84 Å². The Balaban J connectivity index is 1.93. The molecule has 0 aliphatic carbocycles. The van der Waals surface area contributed by atoms with Gasteiger partial charge in [-0.25, -0.2) is 4.79 Å². The Morgan fingerprint density at radius 3 is 2.52 bits per heavy atom. The molecule has 1 unspecified atom stereocenters. The first-order chi connectivity index (χ1) is 12.2. The molecule has 3 rings (SSSR count). The smallest absolute Gasteiger partial charge is 0.404 e. The van der Waals surface area contributed by atoms with Crippen LogP contribution >= 0.6 is 0 Å². The van der Waals surface area contributed by atoms with E-state index in [2.05, 4.69) is 35.6 Å². The van der Waals surface area contributed by atoms with E-state index in [1.807, 2.05) is 36.4 Å². The van der Waals surface area contributed by atoms with Gasteiger partial charge < -0.3 is 15.2 Å². The van der Waals surface area contributed by atoms with E-state index in [0.717, 1.165) is 22.3 Å². The lowest BCUT2D eigenvalue weighted by Crippen LogP contribution is -2.27. The van der Waals surface area contributed by atoms with Gasteiger partial charge in [0.25, 0.3) is 0 Å². The summed E-state index contributed by atoms with van der Waals surface area (Å²) in [4.78, 5) is 11.0. The average molecular weight is 335 g/mol. The van der Waals surface area contributed by atoms with Crippen molar-refractivity contribution in [2.24, 2.45) is 0 Å². The number of ether oxygens (including phenoxy) is 1. The van der Waals surface area contributed by atoms with Crippen molar-refractivity contribution in [2.75, 3.05) is 13.7 Å². The van der Waals surface area contributed by atoms with Crippen molar-refractivity contribution >= 4 is 16.9 Å². The number of carbonyl (C=O) groups is 1. The molecular formula is C21H21NO3. The highest BCUT2D eigenvalue weighted by Gasteiger charge is 2.16. The minimum absolute atomic E-state index is 0.0250. The minimum Gasteiger partial charge on any atom is -0.496 e. The Labute approximate surface area is 147 Å². The van der Waals surface area contributed by atoms with Crippen LogP contribution in [0.3, 0.4) is 0 Å². The van der Waals surface area contributed by atoms with Gasteiger partial charge in [0.15, 0.2) is 0 Å². The molecule has 3 aromatic rings. The zero-order chi connectivity index (χ0) is 17.6. The number of amides is 1. The second-order valence-corrected chi connectivity index (χ2v) is 6.01. The highest BCUT2D eigenvalue weighted by Crippen LogP contribution is 2.28. The van der Waals surface area contributed by atoms with Crippen LogP contribution in [-0.4, -0.2) is 24.9 Å². The lowest BCUT2D eigenvalue weighted by Gasteiger charge is -2.19. The van der Waals surface area contributed by atoms with E-state index in [9.17, 15) is 4.79 Å². The van der Waals surface area contributed by atoms with Crippen LogP contribution in [0.4, 0.5) is 4.79 Å². The zero-order valence-electron chi connectivity index (χ0n) is 14.1. The molecule has 0 saturated heterocycles. The molecule has 4 nitrogen and oxygen atoms in total. The van der Waals surface area contributed by atoms with E-state index in [-0.39, 0.29) is 5.92 Å². The number of hydrogen-bond acceptors (Lipinski definition) is 2. The van der Waals surface area contributed by atoms with E-state index in [1.165, 1.54) is 5.39 Å². The summed E-state index contributed by atoms with van der Waals surface area (Å²) in [6.07, 6.45) is -0.311. The molecule has 1 amide bonds. The quantitative estimate of drug-likeness (QED) is 0.700. The summed E-state index contributed by atoms with van der Waals surface area (Å²) in [6.45, 7) is 0.353. The number of rotatable bonds is 6. The molecule has 0 aliphatic rings. The summed E-state index contributed by atoms with van der Waals surface area (Å²) in [5.74, 6) is 0.848. The maximum atomic E-state index is 11.0. The lowest BCUT2D eigenvalue weighted by molar-refractivity contribution is 0.193. The molecule has 0 heterocycles. The third-order valence-corrected chi connectivity index (χ3v) is 4.40. The lowest BCUT2D eigenvalue weighted by atomic mass is 9.90. The molecule has 2 N–H and O–H groups in total. The van der Waals surface area contributed by atoms with Crippen LogP contribution in [0, 0.1) is 0 Å².